The Morgan fingerprint density at radius 3 is 1.30 bits per heavy atom. The molecule has 0 spiro atoms. The summed E-state index contributed by atoms with van der Waals surface area (Å²) in [6.07, 6.45) is 0. The van der Waals surface area contributed by atoms with Crippen molar-refractivity contribution in [1.82, 2.24) is 0 Å². The van der Waals surface area contributed by atoms with Gasteiger partial charge in [-0.3, -0.25) is 0 Å². The van der Waals surface area contributed by atoms with E-state index >= 15 is 0 Å². The van der Waals surface area contributed by atoms with Gasteiger partial charge in [0.1, 0.15) is 0 Å². The molecule has 11 aromatic rings. The van der Waals surface area contributed by atoms with Crippen LogP contribution in [0.4, 0.5) is 34.1 Å². The first kappa shape index (κ1) is 41.7. The Morgan fingerprint density at radius 1 is 0.246 bits per heavy atom. The van der Waals surface area contributed by atoms with E-state index in [-0.39, 0.29) is 5.41 Å². The maximum Gasteiger partial charge on any atom is 0.0540 e. The third kappa shape index (κ3) is 7.67. The zero-order valence-corrected chi connectivity index (χ0v) is 38.8. The van der Waals surface area contributed by atoms with Crippen LogP contribution in [0.2, 0.25) is 0 Å². The molecule has 2 heteroatoms. The molecule has 12 rings (SSSR count). The summed E-state index contributed by atoms with van der Waals surface area (Å²) in [5.41, 5.74) is 21.0. The molecule has 0 heterocycles. The fourth-order valence-electron chi connectivity index (χ4n) is 10.5. The Morgan fingerprint density at radius 2 is 0.667 bits per heavy atom. The summed E-state index contributed by atoms with van der Waals surface area (Å²) in [4.78, 5) is 4.88. The molecule has 0 amide bonds. The van der Waals surface area contributed by atoms with Gasteiger partial charge in [0.25, 0.3) is 0 Å². The minimum Gasteiger partial charge on any atom is -0.310 e. The Balaban J connectivity index is 1.03. The van der Waals surface area contributed by atoms with E-state index in [0.717, 1.165) is 50.8 Å². The Bertz CT molecular complexity index is 3630. The molecule has 0 saturated heterocycles. The average molecular weight is 883 g/mol. The van der Waals surface area contributed by atoms with Gasteiger partial charge in [-0.15, -0.1) is 0 Å². The first-order valence-corrected chi connectivity index (χ1v) is 23.9. The van der Waals surface area contributed by atoms with Crippen molar-refractivity contribution < 1.29 is 0 Å². The molecule has 1 aliphatic carbocycles. The molecule has 0 radical (unpaired) electrons. The highest BCUT2D eigenvalue weighted by atomic mass is 15.2. The quantitative estimate of drug-likeness (QED) is 0.135. The van der Waals surface area contributed by atoms with Crippen LogP contribution in [0.3, 0.4) is 0 Å². The largest absolute Gasteiger partial charge is 0.310 e. The molecule has 11 aromatic carbocycles. The van der Waals surface area contributed by atoms with Gasteiger partial charge in [-0.1, -0.05) is 214 Å². The smallest absolute Gasteiger partial charge is 0.0540 e. The lowest BCUT2D eigenvalue weighted by molar-refractivity contribution is 0.660. The van der Waals surface area contributed by atoms with Crippen LogP contribution >= 0.6 is 0 Å². The minimum absolute atomic E-state index is 0.162. The SMILES string of the molecule is CC1(C)c2ccccc2-c2ccc(N(c3ccc(-c4ccc5ccccc5c4)cc3)c3ccccc3-c3ccccc3N(c3ccc(-c4ccccc4)cc3)c3cccc(-c4ccccc4)c3)cc21. The van der Waals surface area contributed by atoms with Crippen LogP contribution in [-0.2, 0) is 5.41 Å². The lowest BCUT2D eigenvalue weighted by Gasteiger charge is -2.32. The third-order valence-electron chi connectivity index (χ3n) is 14.1. The molecule has 0 aromatic heterocycles. The minimum atomic E-state index is -0.162. The van der Waals surface area contributed by atoms with Gasteiger partial charge in [-0.2, -0.15) is 0 Å². The van der Waals surface area contributed by atoms with Gasteiger partial charge in [0.15, 0.2) is 0 Å². The molecular formula is C67H50N2. The molecule has 0 aliphatic heterocycles. The van der Waals surface area contributed by atoms with Crippen molar-refractivity contribution in [2.24, 2.45) is 0 Å². The second-order valence-corrected chi connectivity index (χ2v) is 18.5. The number of rotatable bonds is 10. The lowest BCUT2D eigenvalue weighted by atomic mass is 9.82. The summed E-state index contributed by atoms with van der Waals surface area (Å²) in [7, 11) is 0. The number of benzene rings is 11. The van der Waals surface area contributed by atoms with Gasteiger partial charge >= 0.3 is 0 Å². The maximum atomic E-state index is 2.46. The van der Waals surface area contributed by atoms with Crippen molar-refractivity contribution in [2.45, 2.75) is 19.3 Å². The Hall–Kier alpha value is -8.72. The van der Waals surface area contributed by atoms with E-state index in [4.69, 9.17) is 0 Å². The third-order valence-corrected chi connectivity index (χ3v) is 14.1. The van der Waals surface area contributed by atoms with Crippen molar-refractivity contribution in [3.8, 4) is 55.6 Å². The highest BCUT2D eigenvalue weighted by Crippen LogP contribution is 2.52. The average Bonchev–Trinajstić information content (AvgIpc) is 3.65. The number of para-hydroxylation sites is 2. The fraction of sp³-hybridized carbons (Fsp3) is 0.0448. The second kappa shape index (κ2) is 17.5. The number of hydrogen-bond donors (Lipinski definition) is 0. The van der Waals surface area contributed by atoms with Crippen molar-refractivity contribution >= 4 is 44.9 Å². The van der Waals surface area contributed by atoms with Crippen LogP contribution in [0.5, 0.6) is 0 Å². The molecule has 328 valence electrons. The predicted octanol–water partition coefficient (Wildman–Crippen LogP) is 18.8. The molecule has 0 unspecified atom stereocenters. The molecule has 0 bridgehead atoms. The van der Waals surface area contributed by atoms with E-state index in [1.54, 1.807) is 0 Å². The summed E-state index contributed by atoms with van der Waals surface area (Å²) in [6.45, 7) is 4.73. The topological polar surface area (TPSA) is 6.48 Å². The molecule has 2 nitrogen and oxygen atoms in total. The van der Waals surface area contributed by atoms with Gasteiger partial charge in [-0.05, 0) is 133 Å². The van der Waals surface area contributed by atoms with Gasteiger partial charge in [0.2, 0.25) is 0 Å². The van der Waals surface area contributed by atoms with Gasteiger partial charge in [0.05, 0.1) is 11.4 Å². The second-order valence-electron chi connectivity index (χ2n) is 18.5. The first-order valence-electron chi connectivity index (χ1n) is 23.9. The summed E-state index contributed by atoms with van der Waals surface area (Å²) in [5, 5.41) is 2.48. The number of nitrogens with zero attached hydrogens (tertiary/aromatic N) is 2. The van der Waals surface area contributed by atoms with E-state index in [1.165, 1.54) is 60.8 Å². The molecular weight excluding hydrogens is 833 g/mol. The van der Waals surface area contributed by atoms with E-state index < -0.39 is 0 Å². The highest BCUT2D eigenvalue weighted by molar-refractivity contribution is 5.97. The highest BCUT2D eigenvalue weighted by Gasteiger charge is 2.36. The van der Waals surface area contributed by atoms with Crippen molar-refractivity contribution in [2.75, 3.05) is 9.80 Å². The summed E-state index contributed by atoms with van der Waals surface area (Å²) in [6, 6.07) is 97.5. The van der Waals surface area contributed by atoms with E-state index in [9.17, 15) is 0 Å². The fourth-order valence-corrected chi connectivity index (χ4v) is 10.5. The van der Waals surface area contributed by atoms with E-state index in [1.807, 2.05) is 0 Å². The standard InChI is InChI=1S/C67H50N2/c1-67(2)63-29-14-11-26-59(63)60-43-42-58(46-64(60)67)69(56-40-36-51(37-41-56)54-33-32-49-22-9-10-23-52(49)44-54)66-31-16-13-28-62(66)61-27-12-15-30-65(61)68(55-38-34-50(35-39-55)47-18-5-3-6-19-47)57-25-17-24-53(45-57)48-20-7-4-8-21-48/h3-46H,1-2H3. The zero-order valence-electron chi connectivity index (χ0n) is 38.8. The molecule has 0 fully saturated rings. The molecule has 69 heavy (non-hydrogen) atoms. The monoisotopic (exact) mass is 882 g/mol. The molecule has 0 saturated carbocycles. The molecule has 1 aliphatic rings. The first-order chi connectivity index (χ1) is 34.0. The number of hydrogen-bond acceptors (Lipinski definition) is 2. The van der Waals surface area contributed by atoms with Crippen molar-refractivity contribution in [3.63, 3.8) is 0 Å². The summed E-state index contributed by atoms with van der Waals surface area (Å²) in [5.74, 6) is 0. The van der Waals surface area contributed by atoms with Gasteiger partial charge < -0.3 is 9.80 Å². The van der Waals surface area contributed by atoms with Crippen molar-refractivity contribution in [1.29, 1.82) is 0 Å². The molecule has 0 atom stereocenters. The zero-order chi connectivity index (χ0) is 46.3. The van der Waals surface area contributed by atoms with Gasteiger partial charge in [-0.25, -0.2) is 0 Å². The van der Waals surface area contributed by atoms with E-state index in [2.05, 4.69) is 291 Å². The Labute approximate surface area is 405 Å². The lowest BCUT2D eigenvalue weighted by Crippen LogP contribution is -2.17. The summed E-state index contributed by atoms with van der Waals surface area (Å²) >= 11 is 0. The Kier molecular flexibility index (Phi) is 10.6. The van der Waals surface area contributed by atoms with Crippen LogP contribution < -0.4 is 9.80 Å². The number of anilines is 6. The maximum absolute atomic E-state index is 2.46. The van der Waals surface area contributed by atoms with Crippen LogP contribution in [-0.4, -0.2) is 0 Å². The van der Waals surface area contributed by atoms with Gasteiger partial charge in [0, 0.05) is 39.3 Å². The molecule has 0 N–H and O–H groups in total. The predicted molar refractivity (Wildman–Crippen MR) is 293 cm³/mol. The van der Waals surface area contributed by atoms with Crippen LogP contribution in [0.25, 0.3) is 66.4 Å². The van der Waals surface area contributed by atoms with Crippen LogP contribution in [0, 0.1) is 0 Å². The van der Waals surface area contributed by atoms with E-state index in [0.29, 0.717) is 0 Å². The van der Waals surface area contributed by atoms with Crippen LogP contribution in [0.1, 0.15) is 25.0 Å². The van der Waals surface area contributed by atoms with Crippen molar-refractivity contribution in [3.05, 3.63) is 278 Å². The van der Waals surface area contributed by atoms with Crippen LogP contribution in [0.15, 0.2) is 267 Å². The number of fused-ring (bicyclic) bond motifs is 4. The normalized spacial score (nSPS) is 12.3. The summed E-state index contributed by atoms with van der Waals surface area (Å²) < 4.78 is 0.